The van der Waals surface area contributed by atoms with E-state index in [1.54, 1.807) is 42.5 Å². The Labute approximate surface area is 142 Å². The Kier molecular flexibility index (Phi) is 5.82. The van der Waals surface area contributed by atoms with Gasteiger partial charge >= 0.3 is 5.97 Å². The average molecular weight is 362 g/mol. The Balaban J connectivity index is 2.15. The van der Waals surface area contributed by atoms with E-state index in [4.69, 9.17) is 34.8 Å². The number of aliphatic carboxylic acids is 1. The van der Waals surface area contributed by atoms with Crippen molar-refractivity contribution in [1.29, 1.82) is 0 Å². The number of benzene rings is 2. The van der Waals surface area contributed by atoms with E-state index in [1.807, 2.05) is 0 Å². The zero-order valence-corrected chi connectivity index (χ0v) is 13.8. The Morgan fingerprint density at radius 2 is 1.67 bits per heavy atom. The molecule has 0 heterocycles. The topological polar surface area (TPSA) is 37.3 Å². The van der Waals surface area contributed by atoms with Crippen molar-refractivity contribution >= 4 is 52.5 Å². The van der Waals surface area contributed by atoms with Crippen molar-refractivity contribution in [1.82, 2.24) is 0 Å². The van der Waals surface area contributed by atoms with Crippen LogP contribution in [-0.2, 0) is 11.2 Å². The number of carboxylic acids is 1. The average Bonchev–Trinajstić information content (AvgIpc) is 2.43. The highest BCUT2D eigenvalue weighted by atomic mass is 35.5. The van der Waals surface area contributed by atoms with Crippen molar-refractivity contribution in [3.8, 4) is 0 Å². The molecule has 2 aromatic rings. The van der Waals surface area contributed by atoms with Crippen LogP contribution in [0.25, 0.3) is 0 Å². The molecule has 0 bridgehead atoms. The molecule has 2 aromatic carbocycles. The molecule has 0 amide bonds. The van der Waals surface area contributed by atoms with Gasteiger partial charge in [-0.15, -0.1) is 11.8 Å². The van der Waals surface area contributed by atoms with Crippen LogP contribution in [0.2, 0.25) is 15.1 Å². The maximum atomic E-state index is 11.4. The highest BCUT2D eigenvalue weighted by Gasteiger charge is 2.20. The molecule has 2 nitrogen and oxygen atoms in total. The predicted octanol–water partition coefficient (Wildman–Crippen LogP) is 5.43. The molecule has 0 aliphatic heterocycles. The summed E-state index contributed by atoms with van der Waals surface area (Å²) < 4.78 is 0. The summed E-state index contributed by atoms with van der Waals surface area (Å²) in [6.45, 7) is 0. The first-order valence-corrected chi connectivity index (χ1v) is 8.06. The fourth-order valence-corrected chi connectivity index (χ4v) is 3.34. The van der Waals surface area contributed by atoms with Gasteiger partial charge < -0.3 is 5.11 Å². The SMILES string of the molecule is O=C(O)C(Cc1ccc(Cl)cc1Cl)Sc1ccc(Cl)cc1. The van der Waals surface area contributed by atoms with Gasteiger partial charge in [0.2, 0.25) is 0 Å². The van der Waals surface area contributed by atoms with Crippen LogP contribution in [0.15, 0.2) is 47.4 Å². The molecule has 1 atom stereocenters. The monoisotopic (exact) mass is 360 g/mol. The van der Waals surface area contributed by atoms with Crippen molar-refractivity contribution in [2.75, 3.05) is 0 Å². The minimum atomic E-state index is -0.888. The second-order valence-electron chi connectivity index (χ2n) is 4.34. The standard InChI is InChI=1S/C15H11Cl3O2S/c16-10-3-5-12(6-4-10)21-14(15(19)20)7-9-1-2-11(17)8-13(9)18/h1-6,8,14H,7H2,(H,19,20). The molecule has 6 heteroatoms. The molecule has 0 saturated heterocycles. The van der Waals surface area contributed by atoms with Gasteiger partial charge in [0.25, 0.3) is 0 Å². The molecule has 110 valence electrons. The summed E-state index contributed by atoms with van der Waals surface area (Å²) >= 11 is 19.0. The van der Waals surface area contributed by atoms with Gasteiger partial charge in [0.15, 0.2) is 0 Å². The van der Waals surface area contributed by atoms with E-state index in [0.717, 1.165) is 10.5 Å². The molecule has 0 aliphatic carbocycles. The van der Waals surface area contributed by atoms with Crippen LogP contribution < -0.4 is 0 Å². The first-order chi connectivity index (χ1) is 9.95. The zero-order chi connectivity index (χ0) is 15.4. The number of hydrogen-bond donors (Lipinski definition) is 1. The third-order valence-electron chi connectivity index (χ3n) is 2.79. The van der Waals surface area contributed by atoms with Crippen LogP contribution >= 0.6 is 46.6 Å². The molecule has 2 rings (SSSR count). The van der Waals surface area contributed by atoms with Gasteiger partial charge in [0, 0.05) is 20.0 Å². The highest BCUT2D eigenvalue weighted by Crippen LogP contribution is 2.30. The zero-order valence-electron chi connectivity index (χ0n) is 10.7. The summed E-state index contributed by atoms with van der Waals surface area (Å²) in [5, 5.41) is 10.4. The molecule has 0 spiro atoms. The Bertz CT molecular complexity index is 644. The lowest BCUT2D eigenvalue weighted by atomic mass is 10.1. The van der Waals surface area contributed by atoms with Crippen LogP contribution in [0.3, 0.4) is 0 Å². The number of thioether (sulfide) groups is 1. The van der Waals surface area contributed by atoms with Gasteiger partial charge in [-0.1, -0.05) is 40.9 Å². The van der Waals surface area contributed by atoms with Crippen molar-refractivity contribution < 1.29 is 9.90 Å². The van der Waals surface area contributed by atoms with E-state index in [-0.39, 0.29) is 0 Å². The maximum absolute atomic E-state index is 11.4. The van der Waals surface area contributed by atoms with E-state index in [2.05, 4.69) is 0 Å². The van der Waals surface area contributed by atoms with Crippen molar-refractivity contribution in [2.45, 2.75) is 16.6 Å². The number of hydrogen-bond acceptors (Lipinski definition) is 2. The fourth-order valence-electron chi connectivity index (χ4n) is 1.74. The maximum Gasteiger partial charge on any atom is 0.317 e. The normalized spacial score (nSPS) is 12.1. The van der Waals surface area contributed by atoms with Crippen molar-refractivity contribution in [2.24, 2.45) is 0 Å². The summed E-state index contributed by atoms with van der Waals surface area (Å²) in [6, 6.07) is 12.1. The highest BCUT2D eigenvalue weighted by molar-refractivity contribution is 8.00. The van der Waals surface area contributed by atoms with Crippen LogP contribution in [0.4, 0.5) is 0 Å². The van der Waals surface area contributed by atoms with Gasteiger partial charge in [-0.3, -0.25) is 4.79 Å². The van der Waals surface area contributed by atoms with E-state index >= 15 is 0 Å². The second-order valence-corrected chi connectivity index (χ2v) is 6.89. The smallest absolute Gasteiger partial charge is 0.317 e. The van der Waals surface area contributed by atoms with E-state index < -0.39 is 11.2 Å². The third-order valence-corrected chi connectivity index (χ3v) is 4.82. The van der Waals surface area contributed by atoms with Crippen LogP contribution in [-0.4, -0.2) is 16.3 Å². The van der Waals surface area contributed by atoms with Crippen molar-refractivity contribution in [3.05, 3.63) is 63.1 Å². The number of rotatable bonds is 5. The van der Waals surface area contributed by atoms with Crippen molar-refractivity contribution in [3.63, 3.8) is 0 Å². The van der Waals surface area contributed by atoms with Crippen LogP contribution in [0.1, 0.15) is 5.56 Å². The second kappa shape index (κ2) is 7.41. The van der Waals surface area contributed by atoms with Gasteiger partial charge in [-0.05, 0) is 48.4 Å². The fraction of sp³-hybridized carbons (Fsp3) is 0.133. The number of carboxylic acid groups (broad SMARTS) is 1. The summed E-state index contributed by atoms with van der Waals surface area (Å²) in [5.74, 6) is -0.888. The number of halogens is 3. The Morgan fingerprint density at radius 3 is 2.24 bits per heavy atom. The van der Waals surface area contributed by atoms with Crippen LogP contribution in [0.5, 0.6) is 0 Å². The minimum absolute atomic E-state index is 0.318. The van der Waals surface area contributed by atoms with E-state index in [9.17, 15) is 9.90 Å². The van der Waals surface area contributed by atoms with Gasteiger partial charge in [0.05, 0.1) is 0 Å². The minimum Gasteiger partial charge on any atom is -0.480 e. The van der Waals surface area contributed by atoms with Gasteiger partial charge in [-0.25, -0.2) is 0 Å². The van der Waals surface area contributed by atoms with E-state index in [1.165, 1.54) is 11.8 Å². The lowest BCUT2D eigenvalue weighted by molar-refractivity contribution is -0.136. The molecule has 0 fully saturated rings. The van der Waals surface area contributed by atoms with Gasteiger partial charge in [0.1, 0.15) is 5.25 Å². The summed E-state index contributed by atoms with van der Waals surface area (Å²) in [6.07, 6.45) is 0.318. The summed E-state index contributed by atoms with van der Waals surface area (Å²) in [5.41, 5.74) is 0.759. The Morgan fingerprint density at radius 1 is 1.05 bits per heavy atom. The quantitative estimate of drug-likeness (QED) is 0.721. The van der Waals surface area contributed by atoms with Gasteiger partial charge in [-0.2, -0.15) is 0 Å². The summed E-state index contributed by atoms with van der Waals surface area (Å²) in [7, 11) is 0. The lowest BCUT2D eigenvalue weighted by Gasteiger charge is -2.13. The molecule has 1 N–H and O–H groups in total. The molecule has 0 saturated carbocycles. The number of carbonyl (C=O) groups is 1. The lowest BCUT2D eigenvalue weighted by Crippen LogP contribution is -2.19. The predicted molar refractivity (Wildman–Crippen MR) is 88.9 cm³/mol. The first-order valence-electron chi connectivity index (χ1n) is 6.04. The molecule has 0 radical (unpaired) electrons. The third kappa shape index (κ3) is 4.82. The van der Waals surface area contributed by atoms with E-state index in [0.29, 0.717) is 21.5 Å². The molecule has 1 unspecified atom stereocenters. The Hall–Kier alpha value is -0.870. The molecular formula is C15H11Cl3O2S. The largest absolute Gasteiger partial charge is 0.480 e. The molecule has 21 heavy (non-hydrogen) atoms. The molecule has 0 aliphatic rings. The summed E-state index contributed by atoms with van der Waals surface area (Å²) in [4.78, 5) is 12.3. The first kappa shape index (κ1) is 16.5. The molecule has 0 aromatic heterocycles. The van der Waals surface area contributed by atoms with Crippen LogP contribution in [0, 0.1) is 0 Å². The molecular weight excluding hydrogens is 351 g/mol.